The van der Waals surface area contributed by atoms with Crippen LogP contribution in [0.25, 0.3) is 0 Å². The number of aromatic nitrogens is 2. The highest BCUT2D eigenvalue weighted by molar-refractivity contribution is 9.10. The largest absolute Gasteiger partial charge is 0.397 e. The Bertz CT molecular complexity index is 658. The van der Waals surface area contributed by atoms with Gasteiger partial charge < -0.3 is 11.1 Å². The Balaban J connectivity index is 2.30. The van der Waals surface area contributed by atoms with Gasteiger partial charge in [-0.25, -0.2) is 0 Å². The first-order chi connectivity index (χ1) is 9.51. The number of hydrogen-bond donors (Lipinski definition) is 2. The van der Waals surface area contributed by atoms with E-state index in [0.717, 1.165) is 4.47 Å². The highest BCUT2D eigenvalue weighted by Gasteiger charge is 2.14. The molecular formula is C14H15BrN4O. The molecule has 1 amide bonds. The van der Waals surface area contributed by atoms with Gasteiger partial charge in [0.2, 0.25) is 0 Å². The fourth-order valence-corrected chi connectivity index (χ4v) is 2.19. The molecular weight excluding hydrogens is 320 g/mol. The van der Waals surface area contributed by atoms with Gasteiger partial charge in [0.1, 0.15) is 0 Å². The second kappa shape index (κ2) is 6.00. The molecule has 2 rings (SSSR count). The van der Waals surface area contributed by atoms with Crippen molar-refractivity contribution in [1.29, 1.82) is 0 Å². The predicted octanol–water partition coefficient (Wildman–Crippen LogP) is 2.94. The maximum Gasteiger partial charge on any atom is 0.257 e. The third-order valence-corrected chi connectivity index (χ3v) is 3.33. The first kappa shape index (κ1) is 14.5. The summed E-state index contributed by atoms with van der Waals surface area (Å²) >= 11 is 3.33. The van der Waals surface area contributed by atoms with Crippen LogP contribution in [0.2, 0.25) is 0 Å². The van der Waals surface area contributed by atoms with Crippen LogP contribution in [0.3, 0.4) is 0 Å². The van der Waals surface area contributed by atoms with Crippen LogP contribution >= 0.6 is 15.9 Å². The molecule has 2 aromatic rings. The van der Waals surface area contributed by atoms with Gasteiger partial charge in [-0.15, -0.1) is 0 Å². The Morgan fingerprint density at radius 3 is 2.75 bits per heavy atom. The summed E-state index contributed by atoms with van der Waals surface area (Å²) in [6.07, 6.45) is 0.645. The van der Waals surface area contributed by atoms with Crippen LogP contribution < -0.4 is 11.1 Å². The molecule has 0 aliphatic heterocycles. The monoisotopic (exact) mass is 334 g/mol. The predicted molar refractivity (Wildman–Crippen MR) is 82.7 cm³/mol. The van der Waals surface area contributed by atoms with Gasteiger partial charge in [0.05, 0.1) is 28.3 Å². The maximum absolute atomic E-state index is 12.3. The molecule has 104 valence electrons. The van der Waals surface area contributed by atoms with Crippen LogP contribution in [0.15, 0.2) is 28.7 Å². The summed E-state index contributed by atoms with van der Waals surface area (Å²) in [6, 6.07) is 7.05. The van der Waals surface area contributed by atoms with Crippen molar-refractivity contribution in [1.82, 2.24) is 10.2 Å². The van der Waals surface area contributed by atoms with Crippen molar-refractivity contribution in [2.45, 2.75) is 20.3 Å². The molecule has 6 heteroatoms. The van der Waals surface area contributed by atoms with Gasteiger partial charge in [0, 0.05) is 4.47 Å². The van der Waals surface area contributed by atoms with Crippen LogP contribution in [0.5, 0.6) is 0 Å². The molecule has 0 fully saturated rings. The van der Waals surface area contributed by atoms with Gasteiger partial charge in [-0.2, -0.15) is 10.2 Å². The minimum Gasteiger partial charge on any atom is -0.397 e. The zero-order chi connectivity index (χ0) is 14.7. The van der Waals surface area contributed by atoms with E-state index in [1.165, 1.54) is 0 Å². The van der Waals surface area contributed by atoms with Crippen LogP contribution in [-0.4, -0.2) is 16.1 Å². The lowest BCUT2D eigenvalue weighted by Gasteiger charge is -2.10. The highest BCUT2D eigenvalue weighted by atomic mass is 79.9. The van der Waals surface area contributed by atoms with E-state index in [1.807, 2.05) is 13.0 Å². The summed E-state index contributed by atoms with van der Waals surface area (Å²) in [6.45, 7) is 3.74. The second-order valence-electron chi connectivity index (χ2n) is 4.39. The van der Waals surface area contributed by atoms with E-state index in [0.29, 0.717) is 34.7 Å². The summed E-state index contributed by atoms with van der Waals surface area (Å²) in [5, 5.41) is 10.8. The third kappa shape index (κ3) is 3.14. The molecule has 0 unspecified atom stereocenters. The molecule has 0 saturated heterocycles. The molecule has 0 atom stereocenters. The smallest absolute Gasteiger partial charge is 0.257 e. The average molecular weight is 335 g/mol. The molecule has 0 aliphatic rings. The number of amides is 1. The van der Waals surface area contributed by atoms with E-state index < -0.39 is 0 Å². The number of nitrogens with zero attached hydrogens (tertiary/aromatic N) is 2. The van der Waals surface area contributed by atoms with Gasteiger partial charge in [0.15, 0.2) is 0 Å². The minimum absolute atomic E-state index is 0.228. The van der Waals surface area contributed by atoms with Crippen LogP contribution in [-0.2, 0) is 6.42 Å². The number of hydrogen-bond acceptors (Lipinski definition) is 4. The third-order valence-electron chi connectivity index (χ3n) is 2.83. The Morgan fingerprint density at radius 2 is 2.10 bits per heavy atom. The minimum atomic E-state index is -0.228. The lowest BCUT2D eigenvalue weighted by atomic mass is 10.1. The number of benzene rings is 1. The quantitative estimate of drug-likeness (QED) is 0.845. The van der Waals surface area contributed by atoms with E-state index in [9.17, 15) is 4.79 Å². The summed E-state index contributed by atoms with van der Waals surface area (Å²) in [7, 11) is 0. The number of nitrogens with one attached hydrogen (secondary N) is 1. The van der Waals surface area contributed by atoms with E-state index in [4.69, 9.17) is 5.73 Å². The summed E-state index contributed by atoms with van der Waals surface area (Å²) < 4.78 is 0.865. The number of aryl methyl sites for hydroxylation is 2. The molecule has 1 aromatic carbocycles. The second-order valence-corrected chi connectivity index (χ2v) is 5.30. The number of halogens is 1. The van der Waals surface area contributed by atoms with Crippen molar-refractivity contribution >= 4 is 33.2 Å². The van der Waals surface area contributed by atoms with Crippen molar-refractivity contribution in [3.8, 4) is 0 Å². The highest BCUT2D eigenvalue weighted by Crippen LogP contribution is 2.23. The van der Waals surface area contributed by atoms with Crippen molar-refractivity contribution in [2.24, 2.45) is 0 Å². The maximum atomic E-state index is 12.3. The zero-order valence-electron chi connectivity index (χ0n) is 11.3. The average Bonchev–Trinajstić information content (AvgIpc) is 2.41. The van der Waals surface area contributed by atoms with E-state index in [-0.39, 0.29) is 5.91 Å². The number of rotatable bonds is 3. The Morgan fingerprint density at radius 1 is 1.35 bits per heavy atom. The van der Waals surface area contributed by atoms with Gasteiger partial charge in [-0.3, -0.25) is 4.79 Å². The Kier molecular flexibility index (Phi) is 4.34. The normalized spacial score (nSPS) is 10.3. The standard InChI is InChI=1S/C14H15BrN4O/c1-3-12-10(6-8(2)18-19-12)14(20)17-13-5-4-9(15)7-11(13)16/h4-7H,3,16H2,1-2H3,(H,17,20). The van der Waals surface area contributed by atoms with Gasteiger partial charge >= 0.3 is 0 Å². The van der Waals surface area contributed by atoms with Crippen molar-refractivity contribution in [3.05, 3.63) is 45.7 Å². The van der Waals surface area contributed by atoms with Crippen molar-refractivity contribution < 1.29 is 4.79 Å². The first-order valence-corrected chi connectivity index (χ1v) is 7.00. The molecule has 20 heavy (non-hydrogen) atoms. The first-order valence-electron chi connectivity index (χ1n) is 6.21. The SMILES string of the molecule is CCc1nnc(C)cc1C(=O)Nc1ccc(Br)cc1N. The Hall–Kier alpha value is -1.95. The fraction of sp³-hybridized carbons (Fsp3) is 0.214. The molecule has 0 bridgehead atoms. The molecule has 0 aliphatic carbocycles. The number of carbonyl (C=O) groups excluding carboxylic acids is 1. The molecule has 5 nitrogen and oxygen atoms in total. The number of carbonyl (C=O) groups is 1. The number of nitrogens with two attached hydrogens (primary N) is 1. The zero-order valence-corrected chi connectivity index (χ0v) is 12.9. The summed E-state index contributed by atoms with van der Waals surface area (Å²) in [5.74, 6) is -0.228. The van der Waals surface area contributed by atoms with Crippen LogP contribution in [0, 0.1) is 6.92 Å². The Labute approximate surface area is 125 Å². The van der Waals surface area contributed by atoms with Gasteiger partial charge in [-0.05, 0) is 37.6 Å². The van der Waals surface area contributed by atoms with Gasteiger partial charge in [-0.1, -0.05) is 22.9 Å². The number of nitrogen functional groups attached to an aromatic ring is 1. The summed E-state index contributed by atoms with van der Waals surface area (Å²) in [4.78, 5) is 12.3. The van der Waals surface area contributed by atoms with E-state index in [2.05, 4.69) is 31.4 Å². The van der Waals surface area contributed by atoms with Gasteiger partial charge in [0.25, 0.3) is 5.91 Å². The topological polar surface area (TPSA) is 80.9 Å². The van der Waals surface area contributed by atoms with E-state index in [1.54, 1.807) is 25.1 Å². The molecule has 0 radical (unpaired) electrons. The number of anilines is 2. The fourth-order valence-electron chi connectivity index (χ4n) is 1.81. The summed E-state index contributed by atoms with van der Waals surface area (Å²) in [5.41, 5.74) is 8.86. The van der Waals surface area contributed by atoms with E-state index >= 15 is 0 Å². The molecule has 0 saturated carbocycles. The molecule has 1 heterocycles. The molecule has 1 aromatic heterocycles. The van der Waals surface area contributed by atoms with Crippen LogP contribution in [0.4, 0.5) is 11.4 Å². The lowest BCUT2D eigenvalue weighted by Crippen LogP contribution is -2.17. The molecule has 3 N–H and O–H groups in total. The lowest BCUT2D eigenvalue weighted by molar-refractivity contribution is 0.102. The molecule has 0 spiro atoms. The van der Waals surface area contributed by atoms with Crippen molar-refractivity contribution in [3.63, 3.8) is 0 Å². The van der Waals surface area contributed by atoms with Crippen LogP contribution in [0.1, 0.15) is 28.7 Å². The van der Waals surface area contributed by atoms with Crippen molar-refractivity contribution in [2.75, 3.05) is 11.1 Å².